The first-order chi connectivity index (χ1) is 5.77. The van der Waals surface area contributed by atoms with E-state index in [0.717, 1.165) is 23.4 Å². The smallest absolute Gasteiger partial charge is 0.0910 e. The molecule has 0 atom stereocenters. The lowest BCUT2D eigenvalue weighted by Crippen LogP contribution is -1.80. The fourth-order valence-corrected chi connectivity index (χ4v) is 1.24. The van der Waals surface area contributed by atoms with Gasteiger partial charge in [-0.15, -0.1) is 0 Å². The first-order valence-corrected chi connectivity index (χ1v) is 3.93. The first kappa shape index (κ1) is 7.22. The predicted molar refractivity (Wildman–Crippen MR) is 49.4 cm³/mol. The maximum atomic E-state index is 4.03. The molecule has 2 heteroatoms. The largest absolute Gasteiger partial charge is 0.184 e. The van der Waals surface area contributed by atoms with Gasteiger partial charge in [0.1, 0.15) is 0 Å². The molecule has 12 heavy (non-hydrogen) atoms. The summed E-state index contributed by atoms with van der Waals surface area (Å²) in [4.78, 5) is 0. The highest BCUT2D eigenvalue weighted by molar-refractivity contribution is 5.66. The predicted octanol–water partition coefficient (Wildman–Crippen LogP) is 3.32. The van der Waals surface area contributed by atoms with Crippen molar-refractivity contribution in [3.05, 3.63) is 35.9 Å². The van der Waals surface area contributed by atoms with Crippen LogP contribution in [0.5, 0.6) is 0 Å². The van der Waals surface area contributed by atoms with Crippen LogP contribution in [0.15, 0.2) is 35.0 Å². The zero-order chi connectivity index (χ0) is 8.55. The molecule has 0 unspecified atom stereocenters. The number of allylic oxidation sites excluding steroid dienone is 1. The van der Waals surface area contributed by atoms with Gasteiger partial charge in [0, 0.05) is 5.56 Å². The van der Waals surface area contributed by atoms with Crippen molar-refractivity contribution in [2.45, 2.75) is 13.5 Å². The summed E-state index contributed by atoms with van der Waals surface area (Å²) in [6.07, 6.45) is 0. The monoisotopic (exact) mass is 158 g/mol. The van der Waals surface area contributed by atoms with Crippen molar-refractivity contribution in [1.82, 2.24) is 0 Å². The fraction of sp³-hybridized carbons (Fsp3) is 0.200. The van der Waals surface area contributed by atoms with Crippen LogP contribution in [0.4, 0.5) is 5.69 Å². The molecule has 0 spiro atoms. The van der Waals surface area contributed by atoms with Crippen LogP contribution in [0.1, 0.15) is 18.1 Å². The lowest BCUT2D eigenvalue weighted by molar-refractivity contribution is 1.04. The van der Waals surface area contributed by atoms with E-state index in [-0.39, 0.29) is 0 Å². The average molecular weight is 158 g/mol. The fourth-order valence-electron chi connectivity index (χ4n) is 1.24. The quantitative estimate of drug-likeness (QED) is 0.599. The molecule has 1 aliphatic rings. The van der Waals surface area contributed by atoms with Crippen molar-refractivity contribution in [2.24, 2.45) is 10.2 Å². The minimum Gasteiger partial charge on any atom is -0.184 e. The van der Waals surface area contributed by atoms with Crippen LogP contribution in [0.2, 0.25) is 0 Å². The molecular formula is C10H10N2. The number of fused-ring (bicyclic) bond motifs is 1. The summed E-state index contributed by atoms with van der Waals surface area (Å²) >= 11 is 0. The molecular weight excluding hydrogens is 148 g/mol. The van der Waals surface area contributed by atoms with Gasteiger partial charge in [0.25, 0.3) is 0 Å². The van der Waals surface area contributed by atoms with E-state index in [1.807, 2.05) is 13.0 Å². The highest BCUT2D eigenvalue weighted by Gasteiger charge is 2.07. The van der Waals surface area contributed by atoms with E-state index >= 15 is 0 Å². The van der Waals surface area contributed by atoms with Gasteiger partial charge in [-0.3, -0.25) is 0 Å². The molecule has 1 heterocycles. The summed E-state index contributed by atoms with van der Waals surface area (Å²) in [6.45, 7) is 6.60. The Morgan fingerprint density at radius 3 is 3.08 bits per heavy atom. The number of hydrogen-bond donors (Lipinski definition) is 0. The molecule has 2 nitrogen and oxygen atoms in total. The van der Waals surface area contributed by atoms with Gasteiger partial charge in [-0.05, 0) is 18.6 Å². The number of azo groups is 1. The molecule has 1 aliphatic heterocycles. The molecule has 1 aromatic rings. The average Bonchev–Trinajstić information content (AvgIpc) is 2.49. The summed E-state index contributed by atoms with van der Waals surface area (Å²) in [5.41, 5.74) is 4.42. The van der Waals surface area contributed by atoms with Crippen LogP contribution in [0.25, 0.3) is 5.57 Å². The Labute approximate surface area is 71.6 Å². The third-order valence-electron chi connectivity index (χ3n) is 2.00. The molecule has 1 aromatic carbocycles. The Morgan fingerprint density at radius 2 is 2.33 bits per heavy atom. The zero-order valence-corrected chi connectivity index (χ0v) is 7.04. The first-order valence-electron chi connectivity index (χ1n) is 3.93. The van der Waals surface area contributed by atoms with Crippen LogP contribution >= 0.6 is 0 Å². The molecule has 0 amide bonds. The van der Waals surface area contributed by atoms with Crippen molar-refractivity contribution in [1.29, 1.82) is 0 Å². The van der Waals surface area contributed by atoms with E-state index in [1.54, 1.807) is 0 Å². The minimum absolute atomic E-state index is 0.728. The summed E-state index contributed by atoms with van der Waals surface area (Å²) < 4.78 is 0. The van der Waals surface area contributed by atoms with Gasteiger partial charge in [-0.25, -0.2) is 0 Å². The summed E-state index contributed by atoms with van der Waals surface area (Å²) in [5, 5.41) is 7.97. The van der Waals surface area contributed by atoms with Gasteiger partial charge in [0.15, 0.2) is 0 Å². The normalized spacial score (nSPS) is 13.1. The Morgan fingerprint density at radius 1 is 1.50 bits per heavy atom. The van der Waals surface area contributed by atoms with E-state index in [9.17, 15) is 0 Å². The topological polar surface area (TPSA) is 24.7 Å². The van der Waals surface area contributed by atoms with Crippen LogP contribution in [0.3, 0.4) is 0 Å². The molecule has 0 aromatic heterocycles. The number of benzene rings is 1. The molecule has 0 radical (unpaired) electrons. The van der Waals surface area contributed by atoms with Gasteiger partial charge in [-0.2, -0.15) is 10.2 Å². The SMILES string of the molecule is C=C(C)c1ccc2c(c1)N=NC2. The van der Waals surface area contributed by atoms with Gasteiger partial charge >= 0.3 is 0 Å². The summed E-state index contributed by atoms with van der Waals surface area (Å²) in [6, 6.07) is 6.17. The van der Waals surface area contributed by atoms with E-state index in [0.29, 0.717) is 0 Å². The second-order valence-electron chi connectivity index (χ2n) is 3.02. The molecule has 0 saturated heterocycles. The summed E-state index contributed by atoms with van der Waals surface area (Å²) in [5.74, 6) is 0. The number of hydrogen-bond acceptors (Lipinski definition) is 2. The lowest BCUT2D eigenvalue weighted by atomic mass is 10.1. The molecule has 0 fully saturated rings. The van der Waals surface area contributed by atoms with Crippen molar-refractivity contribution in [3.63, 3.8) is 0 Å². The molecule has 0 bridgehead atoms. The van der Waals surface area contributed by atoms with Gasteiger partial charge in [-0.1, -0.05) is 24.3 Å². The molecule has 60 valence electrons. The van der Waals surface area contributed by atoms with E-state index in [4.69, 9.17) is 0 Å². The van der Waals surface area contributed by atoms with Gasteiger partial charge < -0.3 is 0 Å². The third kappa shape index (κ3) is 1.05. The van der Waals surface area contributed by atoms with Gasteiger partial charge in [0.2, 0.25) is 0 Å². The maximum absolute atomic E-state index is 4.03. The Bertz CT molecular complexity index is 364. The Hall–Kier alpha value is -1.44. The van der Waals surface area contributed by atoms with Crippen molar-refractivity contribution in [2.75, 3.05) is 0 Å². The van der Waals surface area contributed by atoms with Gasteiger partial charge in [0.05, 0.1) is 12.2 Å². The van der Waals surface area contributed by atoms with Crippen molar-refractivity contribution in [3.8, 4) is 0 Å². The van der Waals surface area contributed by atoms with Crippen molar-refractivity contribution < 1.29 is 0 Å². The van der Waals surface area contributed by atoms with E-state index < -0.39 is 0 Å². The standard InChI is InChI=1S/C10H10N2/c1-7(2)8-3-4-9-6-11-12-10(9)5-8/h3-5H,1,6H2,2H3. The zero-order valence-electron chi connectivity index (χ0n) is 7.04. The highest BCUT2D eigenvalue weighted by atomic mass is 15.1. The Balaban J connectivity index is 2.51. The molecule has 0 saturated carbocycles. The molecule has 2 rings (SSSR count). The maximum Gasteiger partial charge on any atom is 0.0910 e. The van der Waals surface area contributed by atoms with E-state index in [2.05, 4.69) is 28.9 Å². The second-order valence-corrected chi connectivity index (χ2v) is 3.02. The summed E-state index contributed by atoms with van der Waals surface area (Å²) in [7, 11) is 0. The lowest BCUT2D eigenvalue weighted by Gasteiger charge is -2.00. The third-order valence-corrected chi connectivity index (χ3v) is 2.00. The van der Waals surface area contributed by atoms with Crippen molar-refractivity contribution >= 4 is 11.3 Å². The second kappa shape index (κ2) is 2.55. The van der Waals surface area contributed by atoms with Crippen LogP contribution in [-0.4, -0.2) is 0 Å². The molecule has 0 aliphatic carbocycles. The Kier molecular flexibility index (Phi) is 1.54. The highest BCUT2D eigenvalue weighted by Crippen LogP contribution is 2.29. The number of nitrogens with zero attached hydrogens (tertiary/aromatic N) is 2. The molecule has 0 N–H and O–H groups in total. The van der Waals surface area contributed by atoms with Crippen LogP contribution in [0, 0.1) is 0 Å². The van der Waals surface area contributed by atoms with E-state index in [1.165, 1.54) is 5.56 Å². The van der Waals surface area contributed by atoms with Crippen LogP contribution < -0.4 is 0 Å². The van der Waals surface area contributed by atoms with Crippen LogP contribution in [-0.2, 0) is 6.54 Å². The minimum atomic E-state index is 0.728. The number of rotatable bonds is 1.